The topological polar surface area (TPSA) is 61.2 Å². The number of hydrogen-bond donors (Lipinski definition) is 0. The minimum Gasteiger partial charge on any atom is -0.335 e. The molecule has 1 unspecified atom stereocenters. The van der Waals surface area contributed by atoms with Crippen LogP contribution in [0.3, 0.4) is 0 Å². The van der Waals surface area contributed by atoms with E-state index in [1.54, 1.807) is 23.3 Å². The van der Waals surface area contributed by atoms with Crippen LogP contribution in [0.5, 0.6) is 0 Å². The Morgan fingerprint density at radius 1 is 1.47 bits per heavy atom. The summed E-state index contributed by atoms with van der Waals surface area (Å²) < 4.78 is 28.9. The molecule has 0 aromatic carbocycles. The summed E-state index contributed by atoms with van der Waals surface area (Å²) in [5, 5.41) is 0. The van der Waals surface area contributed by atoms with Gasteiger partial charge in [0.15, 0.2) is 0 Å². The van der Waals surface area contributed by atoms with Gasteiger partial charge in [-0.1, -0.05) is 13.8 Å². The maximum Gasteiger partial charge on any atom is 0.264 e. The molecule has 0 spiro atoms. The van der Waals surface area contributed by atoms with E-state index in [-0.39, 0.29) is 12.0 Å². The SMILES string of the molecule is CC(C)C(Cn1ccnc1)OS(C)(=O)=O. The Morgan fingerprint density at radius 2 is 2.13 bits per heavy atom. The number of rotatable bonds is 5. The van der Waals surface area contributed by atoms with Crippen LogP contribution in [0.2, 0.25) is 0 Å². The van der Waals surface area contributed by atoms with Gasteiger partial charge in [0, 0.05) is 12.4 Å². The van der Waals surface area contributed by atoms with Crippen LogP contribution in [0, 0.1) is 5.92 Å². The highest BCUT2D eigenvalue weighted by Gasteiger charge is 2.19. The zero-order chi connectivity index (χ0) is 11.5. The Labute approximate surface area is 90.2 Å². The van der Waals surface area contributed by atoms with Crippen molar-refractivity contribution in [2.75, 3.05) is 6.26 Å². The molecular formula is C9H16N2O3S. The Hall–Kier alpha value is -0.880. The smallest absolute Gasteiger partial charge is 0.264 e. The van der Waals surface area contributed by atoms with Gasteiger partial charge in [-0.3, -0.25) is 4.18 Å². The van der Waals surface area contributed by atoms with Gasteiger partial charge >= 0.3 is 0 Å². The van der Waals surface area contributed by atoms with Crippen molar-refractivity contribution >= 4 is 10.1 Å². The summed E-state index contributed by atoms with van der Waals surface area (Å²) in [6.45, 7) is 4.34. The van der Waals surface area contributed by atoms with Crippen LogP contribution in [0.4, 0.5) is 0 Å². The summed E-state index contributed by atoms with van der Waals surface area (Å²) in [5.74, 6) is 0.127. The molecule has 1 rings (SSSR count). The van der Waals surface area contributed by atoms with Crippen LogP contribution in [0.25, 0.3) is 0 Å². The number of aromatic nitrogens is 2. The van der Waals surface area contributed by atoms with Gasteiger partial charge in [0.2, 0.25) is 0 Å². The zero-order valence-electron chi connectivity index (χ0n) is 9.12. The van der Waals surface area contributed by atoms with Gasteiger partial charge in [0.1, 0.15) is 0 Å². The highest BCUT2D eigenvalue weighted by atomic mass is 32.2. The monoisotopic (exact) mass is 232 g/mol. The quantitative estimate of drug-likeness (QED) is 0.707. The summed E-state index contributed by atoms with van der Waals surface area (Å²) in [6, 6.07) is 0. The average Bonchev–Trinajstić information content (AvgIpc) is 2.52. The van der Waals surface area contributed by atoms with Crippen molar-refractivity contribution in [1.29, 1.82) is 0 Å². The normalized spacial score (nSPS) is 14.4. The molecule has 5 nitrogen and oxygen atoms in total. The van der Waals surface area contributed by atoms with E-state index < -0.39 is 10.1 Å². The molecule has 1 heterocycles. The lowest BCUT2D eigenvalue weighted by atomic mass is 10.1. The van der Waals surface area contributed by atoms with Crippen molar-refractivity contribution in [1.82, 2.24) is 9.55 Å². The molecular weight excluding hydrogens is 216 g/mol. The fourth-order valence-electron chi connectivity index (χ4n) is 1.18. The van der Waals surface area contributed by atoms with Gasteiger partial charge in [0.05, 0.1) is 25.2 Å². The van der Waals surface area contributed by atoms with Gasteiger partial charge in [-0.2, -0.15) is 8.42 Å². The Balaban J connectivity index is 2.67. The Morgan fingerprint density at radius 3 is 2.53 bits per heavy atom. The molecule has 0 aliphatic carbocycles. The lowest BCUT2D eigenvalue weighted by molar-refractivity contribution is 0.141. The second-order valence-corrected chi connectivity index (χ2v) is 5.44. The van der Waals surface area contributed by atoms with Crippen LogP contribution < -0.4 is 0 Å². The van der Waals surface area contributed by atoms with E-state index in [1.807, 2.05) is 13.8 Å². The van der Waals surface area contributed by atoms with Crippen LogP contribution in [-0.4, -0.2) is 30.3 Å². The number of imidazole rings is 1. The third-order valence-electron chi connectivity index (χ3n) is 1.99. The Bertz CT molecular complexity index is 383. The standard InChI is InChI=1S/C9H16N2O3S/c1-8(2)9(14-15(3,12)13)6-11-5-4-10-7-11/h4-5,7-9H,6H2,1-3H3. The fraction of sp³-hybridized carbons (Fsp3) is 0.667. The van der Waals surface area contributed by atoms with Crippen molar-refractivity contribution < 1.29 is 12.6 Å². The number of hydrogen-bond acceptors (Lipinski definition) is 4. The predicted molar refractivity (Wildman–Crippen MR) is 56.8 cm³/mol. The minimum atomic E-state index is -3.41. The van der Waals surface area contributed by atoms with Gasteiger partial charge < -0.3 is 4.57 Å². The second kappa shape index (κ2) is 4.76. The lowest BCUT2D eigenvalue weighted by Gasteiger charge is -2.20. The highest BCUT2D eigenvalue weighted by Crippen LogP contribution is 2.11. The first kappa shape index (κ1) is 12.2. The van der Waals surface area contributed by atoms with E-state index in [2.05, 4.69) is 4.98 Å². The molecule has 0 aliphatic heterocycles. The van der Waals surface area contributed by atoms with Crippen LogP contribution in [0.15, 0.2) is 18.7 Å². The molecule has 1 aromatic rings. The molecule has 1 aromatic heterocycles. The van der Waals surface area contributed by atoms with E-state index in [0.29, 0.717) is 6.54 Å². The molecule has 6 heteroatoms. The summed E-state index contributed by atoms with van der Waals surface area (Å²) >= 11 is 0. The molecule has 0 saturated carbocycles. The van der Waals surface area contributed by atoms with Gasteiger partial charge in [-0.05, 0) is 5.92 Å². The maximum absolute atomic E-state index is 11.0. The first-order valence-electron chi connectivity index (χ1n) is 4.72. The van der Waals surface area contributed by atoms with Gasteiger partial charge in [-0.15, -0.1) is 0 Å². The lowest BCUT2D eigenvalue weighted by Crippen LogP contribution is -2.27. The van der Waals surface area contributed by atoms with E-state index in [0.717, 1.165) is 6.26 Å². The van der Waals surface area contributed by atoms with E-state index in [1.165, 1.54) is 0 Å². The van der Waals surface area contributed by atoms with Crippen LogP contribution in [-0.2, 0) is 20.8 Å². The number of nitrogens with zero attached hydrogens (tertiary/aromatic N) is 2. The molecule has 0 saturated heterocycles. The predicted octanol–water partition coefficient (Wildman–Crippen LogP) is 0.884. The molecule has 15 heavy (non-hydrogen) atoms. The molecule has 0 N–H and O–H groups in total. The van der Waals surface area contributed by atoms with E-state index in [9.17, 15) is 8.42 Å². The van der Waals surface area contributed by atoms with Crippen molar-refractivity contribution in [3.8, 4) is 0 Å². The molecule has 0 aliphatic rings. The average molecular weight is 232 g/mol. The molecule has 0 fully saturated rings. The Kier molecular flexibility index (Phi) is 3.87. The first-order chi connectivity index (χ1) is 6.88. The van der Waals surface area contributed by atoms with Crippen LogP contribution in [0.1, 0.15) is 13.8 Å². The molecule has 0 amide bonds. The van der Waals surface area contributed by atoms with Crippen molar-refractivity contribution in [2.24, 2.45) is 5.92 Å². The fourth-order valence-corrected chi connectivity index (χ4v) is 1.91. The molecule has 1 atom stereocenters. The largest absolute Gasteiger partial charge is 0.335 e. The summed E-state index contributed by atoms with van der Waals surface area (Å²) in [6.07, 6.45) is 5.78. The highest BCUT2D eigenvalue weighted by molar-refractivity contribution is 7.86. The third kappa shape index (κ3) is 4.44. The van der Waals surface area contributed by atoms with Crippen molar-refractivity contribution in [2.45, 2.75) is 26.5 Å². The summed E-state index contributed by atoms with van der Waals surface area (Å²) in [4.78, 5) is 3.89. The van der Waals surface area contributed by atoms with Gasteiger partial charge in [-0.25, -0.2) is 4.98 Å². The summed E-state index contributed by atoms with van der Waals surface area (Å²) in [7, 11) is -3.41. The van der Waals surface area contributed by atoms with Gasteiger partial charge in [0.25, 0.3) is 10.1 Å². The molecule has 0 bridgehead atoms. The maximum atomic E-state index is 11.0. The zero-order valence-corrected chi connectivity index (χ0v) is 9.94. The minimum absolute atomic E-state index is 0.127. The van der Waals surface area contributed by atoms with E-state index >= 15 is 0 Å². The second-order valence-electron chi connectivity index (χ2n) is 3.84. The third-order valence-corrected chi connectivity index (χ3v) is 2.59. The first-order valence-corrected chi connectivity index (χ1v) is 6.54. The van der Waals surface area contributed by atoms with E-state index in [4.69, 9.17) is 4.18 Å². The van der Waals surface area contributed by atoms with Crippen molar-refractivity contribution in [3.05, 3.63) is 18.7 Å². The van der Waals surface area contributed by atoms with Crippen LogP contribution >= 0.6 is 0 Å². The van der Waals surface area contributed by atoms with Crippen molar-refractivity contribution in [3.63, 3.8) is 0 Å². The summed E-state index contributed by atoms with van der Waals surface area (Å²) in [5.41, 5.74) is 0. The molecule has 86 valence electrons. The molecule has 0 radical (unpaired) electrons.